The molecule has 2 heteroatoms. The summed E-state index contributed by atoms with van der Waals surface area (Å²) in [5.74, 6) is 0.106. The van der Waals surface area contributed by atoms with E-state index in [1.807, 2.05) is 6.92 Å². The largest absolute Gasteiger partial charge is 0.350 e. The van der Waals surface area contributed by atoms with Crippen LogP contribution in [-0.2, 0) is 11.2 Å². The molecule has 0 heterocycles. The summed E-state index contributed by atoms with van der Waals surface area (Å²) in [5.41, 5.74) is 7.50. The quantitative estimate of drug-likeness (QED) is 0.850. The van der Waals surface area contributed by atoms with E-state index in [0.717, 1.165) is 12.0 Å². The molecule has 122 valence electrons. The number of nitrogens with one attached hydrogen (secondary N) is 1. The fraction of sp³-hybridized carbons (Fsp3) is 0.381. The van der Waals surface area contributed by atoms with E-state index in [1.54, 1.807) is 0 Å². The molecule has 2 rings (SSSR count). The molecular formula is C21H27NO. The summed E-state index contributed by atoms with van der Waals surface area (Å²) in [6.07, 6.45) is 1.31. The van der Waals surface area contributed by atoms with Crippen molar-refractivity contribution in [3.8, 4) is 0 Å². The highest BCUT2D eigenvalue weighted by Gasteiger charge is 2.10. The van der Waals surface area contributed by atoms with Crippen LogP contribution < -0.4 is 5.32 Å². The first-order chi connectivity index (χ1) is 10.9. The van der Waals surface area contributed by atoms with E-state index < -0.39 is 0 Å². The summed E-state index contributed by atoms with van der Waals surface area (Å²) in [5, 5.41) is 3.10. The maximum Gasteiger partial charge on any atom is 0.220 e. The molecule has 1 N–H and O–H groups in total. The standard InChI is InChI=1S/C21H27NO/c1-14-6-8-19(12-16(14)3)9-11-21(23)22-18(5)20-10-7-15(2)17(4)13-20/h6-8,10,12-13,18H,9,11H2,1-5H3,(H,22,23). The van der Waals surface area contributed by atoms with Crippen molar-refractivity contribution in [2.45, 2.75) is 53.5 Å². The van der Waals surface area contributed by atoms with Gasteiger partial charge in [0.25, 0.3) is 0 Å². The van der Waals surface area contributed by atoms with E-state index in [2.05, 4.69) is 69.4 Å². The minimum atomic E-state index is 0.0431. The molecule has 0 bridgehead atoms. The summed E-state index contributed by atoms with van der Waals surface area (Å²) in [6.45, 7) is 10.5. The first-order valence-electron chi connectivity index (χ1n) is 8.29. The molecule has 2 aromatic carbocycles. The van der Waals surface area contributed by atoms with E-state index in [9.17, 15) is 4.79 Å². The molecule has 0 aliphatic heterocycles. The summed E-state index contributed by atoms with van der Waals surface area (Å²) in [6, 6.07) is 12.8. The second kappa shape index (κ2) is 7.45. The van der Waals surface area contributed by atoms with Gasteiger partial charge >= 0.3 is 0 Å². The van der Waals surface area contributed by atoms with Crippen molar-refractivity contribution < 1.29 is 4.79 Å². The minimum absolute atomic E-state index is 0.0431. The van der Waals surface area contributed by atoms with E-state index in [4.69, 9.17) is 0 Å². The maximum absolute atomic E-state index is 12.2. The Labute approximate surface area is 139 Å². The van der Waals surface area contributed by atoms with Crippen LogP contribution in [0.4, 0.5) is 0 Å². The minimum Gasteiger partial charge on any atom is -0.350 e. The highest BCUT2D eigenvalue weighted by atomic mass is 16.1. The van der Waals surface area contributed by atoms with Gasteiger partial charge in [0.1, 0.15) is 0 Å². The monoisotopic (exact) mass is 309 g/mol. The number of amides is 1. The number of hydrogen-bond acceptors (Lipinski definition) is 1. The van der Waals surface area contributed by atoms with Gasteiger partial charge in [-0.05, 0) is 74.4 Å². The van der Waals surface area contributed by atoms with Gasteiger partial charge in [-0.15, -0.1) is 0 Å². The number of carbonyl (C=O) groups is 1. The van der Waals surface area contributed by atoms with Gasteiger partial charge in [0.15, 0.2) is 0 Å². The van der Waals surface area contributed by atoms with Gasteiger partial charge in [0.2, 0.25) is 5.91 Å². The molecular weight excluding hydrogens is 282 g/mol. The lowest BCUT2D eigenvalue weighted by molar-refractivity contribution is -0.121. The second-order valence-electron chi connectivity index (χ2n) is 6.55. The van der Waals surface area contributed by atoms with Crippen LogP contribution >= 0.6 is 0 Å². The van der Waals surface area contributed by atoms with Crippen LogP contribution in [0.5, 0.6) is 0 Å². The smallest absolute Gasteiger partial charge is 0.220 e. The van der Waals surface area contributed by atoms with Gasteiger partial charge in [-0.1, -0.05) is 36.4 Å². The Morgan fingerprint density at radius 3 is 2.13 bits per heavy atom. The zero-order valence-electron chi connectivity index (χ0n) is 14.9. The van der Waals surface area contributed by atoms with Crippen molar-refractivity contribution in [2.75, 3.05) is 0 Å². The topological polar surface area (TPSA) is 29.1 Å². The van der Waals surface area contributed by atoms with Crippen molar-refractivity contribution in [3.63, 3.8) is 0 Å². The third kappa shape index (κ3) is 4.69. The highest BCUT2D eigenvalue weighted by Crippen LogP contribution is 2.17. The van der Waals surface area contributed by atoms with Gasteiger partial charge in [-0.3, -0.25) is 4.79 Å². The molecule has 0 saturated heterocycles. The average molecular weight is 309 g/mol. The van der Waals surface area contributed by atoms with Crippen LogP contribution in [0.15, 0.2) is 36.4 Å². The van der Waals surface area contributed by atoms with E-state index in [-0.39, 0.29) is 11.9 Å². The van der Waals surface area contributed by atoms with E-state index in [0.29, 0.717) is 6.42 Å². The molecule has 0 aliphatic carbocycles. The predicted molar refractivity (Wildman–Crippen MR) is 96.7 cm³/mol. The molecule has 1 atom stereocenters. The lowest BCUT2D eigenvalue weighted by Gasteiger charge is -2.16. The van der Waals surface area contributed by atoms with Crippen LogP contribution in [0.1, 0.15) is 52.8 Å². The van der Waals surface area contributed by atoms with Crippen molar-refractivity contribution >= 4 is 5.91 Å². The third-order valence-electron chi connectivity index (χ3n) is 4.62. The summed E-state index contributed by atoms with van der Waals surface area (Å²) in [4.78, 5) is 12.2. The molecule has 2 aromatic rings. The van der Waals surface area contributed by atoms with Gasteiger partial charge in [0, 0.05) is 6.42 Å². The summed E-state index contributed by atoms with van der Waals surface area (Å²) in [7, 11) is 0. The van der Waals surface area contributed by atoms with Gasteiger partial charge < -0.3 is 5.32 Å². The lowest BCUT2D eigenvalue weighted by Crippen LogP contribution is -2.26. The van der Waals surface area contributed by atoms with Crippen molar-refractivity contribution in [3.05, 3.63) is 69.8 Å². The molecule has 1 amide bonds. The SMILES string of the molecule is Cc1ccc(CCC(=O)NC(C)c2ccc(C)c(C)c2)cc1C. The number of carbonyl (C=O) groups excluding carboxylic acids is 1. The fourth-order valence-electron chi connectivity index (χ4n) is 2.65. The fourth-order valence-corrected chi connectivity index (χ4v) is 2.65. The average Bonchev–Trinajstić information content (AvgIpc) is 2.51. The first kappa shape index (κ1) is 17.3. The van der Waals surface area contributed by atoms with Crippen molar-refractivity contribution in [2.24, 2.45) is 0 Å². The molecule has 0 aromatic heterocycles. The van der Waals surface area contributed by atoms with Crippen LogP contribution in [0.25, 0.3) is 0 Å². The Bertz CT molecular complexity index is 703. The zero-order valence-corrected chi connectivity index (χ0v) is 14.9. The normalized spacial score (nSPS) is 12.0. The van der Waals surface area contributed by atoms with Crippen LogP contribution in [0.2, 0.25) is 0 Å². The Morgan fingerprint density at radius 2 is 1.52 bits per heavy atom. The predicted octanol–water partition coefficient (Wildman–Crippen LogP) is 4.73. The highest BCUT2D eigenvalue weighted by molar-refractivity contribution is 5.76. The molecule has 0 spiro atoms. The van der Waals surface area contributed by atoms with E-state index >= 15 is 0 Å². The molecule has 1 unspecified atom stereocenters. The molecule has 0 fully saturated rings. The first-order valence-corrected chi connectivity index (χ1v) is 8.29. The Morgan fingerprint density at radius 1 is 0.913 bits per heavy atom. The van der Waals surface area contributed by atoms with Gasteiger partial charge in [-0.25, -0.2) is 0 Å². The lowest BCUT2D eigenvalue weighted by atomic mass is 10.0. The number of hydrogen-bond donors (Lipinski definition) is 1. The number of rotatable bonds is 5. The number of aryl methyl sites for hydroxylation is 5. The summed E-state index contributed by atoms with van der Waals surface area (Å²) >= 11 is 0. The molecule has 2 nitrogen and oxygen atoms in total. The molecule has 0 saturated carbocycles. The van der Waals surface area contributed by atoms with Crippen LogP contribution in [0.3, 0.4) is 0 Å². The van der Waals surface area contributed by atoms with Crippen LogP contribution in [0, 0.1) is 27.7 Å². The second-order valence-corrected chi connectivity index (χ2v) is 6.55. The Balaban J connectivity index is 1.90. The van der Waals surface area contributed by atoms with E-state index in [1.165, 1.54) is 27.8 Å². The molecule has 23 heavy (non-hydrogen) atoms. The van der Waals surface area contributed by atoms with Crippen molar-refractivity contribution in [1.82, 2.24) is 5.32 Å². The van der Waals surface area contributed by atoms with Gasteiger partial charge in [0.05, 0.1) is 6.04 Å². The Hall–Kier alpha value is -2.09. The van der Waals surface area contributed by atoms with Crippen molar-refractivity contribution in [1.29, 1.82) is 0 Å². The summed E-state index contributed by atoms with van der Waals surface area (Å²) < 4.78 is 0. The van der Waals surface area contributed by atoms with Gasteiger partial charge in [-0.2, -0.15) is 0 Å². The third-order valence-corrected chi connectivity index (χ3v) is 4.62. The number of benzene rings is 2. The maximum atomic E-state index is 12.2. The van der Waals surface area contributed by atoms with Crippen LogP contribution in [-0.4, -0.2) is 5.91 Å². The molecule has 0 aliphatic rings. The molecule has 0 radical (unpaired) electrons. The Kier molecular flexibility index (Phi) is 5.59. The zero-order chi connectivity index (χ0) is 17.0.